The van der Waals surface area contributed by atoms with Gasteiger partial charge >= 0.3 is 0 Å². The fourth-order valence-corrected chi connectivity index (χ4v) is 2.11. The predicted octanol–water partition coefficient (Wildman–Crippen LogP) is 1.40. The molecule has 0 fully saturated rings. The van der Waals surface area contributed by atoms with E-state index in [1.165, 1.54) is 0 Å². The third-order valence-electron chi connectivity index (χ3n) is 2.99. The second kappa shape index (κ2) is 5.38. The molecule has 0 aliphatic carbocycles. The van der Waals surface area contributed by atoms with E-state index < -0.39 is 6.10 Å². The topological polar surface area (TPSA) is 64.7 Å². The van der Waals surface area contributed by atoms with Gasteiger partial charge in [0, 0.05) is 18.5 Å². The molecule has 1 aliphatic heterocycles. The van der Waals surface area contributed by atoms with E-state index in [1.807, 2.05) is 19.1 Å². The first-order valence-electron chi connectivity index (χ1n) is 6.07. The van der Waals surface area contributed by atoms with Crippen molar-refractivity contribution in [1.82, 2.24) is 0 Å². The molecular weight excluding hydrogens is 218 g/mol. The van der Waals surface area contributed by atoms with Crippen LogP contribution in [0.4, 0.5) is 0 Å². The summed E-state index contributed by atoms with van der Waals surface area (Å²) in [6.07, 6.45) is 1.04. The third kappa shape index (κ3) is 2.37. The molecule has 0 aromatic heterocycles. The Morgan fingerprint density at radius 2 is 2.12 bits per heavy atom. The maximum atomic E-state index is 9.89. The molecule has 4 heteroatoms. The van der Waals surface area contributed by atoms with Crippen molar-refractivity contribution in [2.75, 3.05) is 19.8 Å². The van der Waals surface area contributed by atoms with Gasteiger partial charge in [-0.15, -0.1) is 0 Å². The van der Waals surface area contributed by atoms with Crippen molar-refractivity contribution in [1.29, 1.82) is 0 Å². The molecule has 0 radical (unpaired) electrons. The van der Waals surface area contributed by atoms with E-state index in [0.717, 1.165) is 35.5 Å². The highest BCUT2D eigenvalue weighted by Gasteiger charge is 2.20. The zero-order valence-electron chi connectivity index (χ0n) is 10.1. The lowest BCUT2D eigenvalue weighted by molar-refractivity contribution is 0.185. The molecule has 17 heavy (non-hydrogen) atoms. The van der Waals surface area contributed by atoms with Gasteiger partial charge in [0.2, 0.25) is 0 Å². The van der Waals surface area contributed by atoms with E-state index >= 15 is 0 Å². The Kier molecular flexibility index (Phi) is 3.86. The monoisotopic (exact) mass is 237 g/mol. The van der Waals surface area contributed by atoms with Crippen LogP contribution in [0.25, 0.3) is 0 Å². The summed E-state index contributed by atoms with van der Waals surface area (Å²) in [7, 11) is 0. The van der Waals surface area contributed by atoms with Crippen LogP contribution in [0, 0.1) is 0 Å². The maximum Gasteiger partial charge on any atom is 0.164 e. The average molecular weight is 237 g/mol. The van der Waals surface area contributed by atoms with Crippen molar-refractivity contribution in [2.45, 2.75) is 25.9 Å². The van der Waals surface area contributed by atoms with Crippen LogP contribution in [-0.2, 0) is 6.42 Å². The van der Waals surface area contributed by atoms with Gasteiger partial charge < -0.3 is 20.3 Å². The largest absolute Gasteiger partial charge is 0.490 e. The summed E-state index contributed by atoms with van der Waals surface area (Å²) in [5, 5.41) is 9.89. The van der Waals surface area contributed by atoms with Gasteiger partial charge in [-0.05, 0) is 18.1 Å². The van der Waals surface area contributed by atoms with Crippen molar-refractivity contribution in [2.24, 2.45) is 5.73 Å². The zero-order valence-corrected chi connectivity index (χ0v) is 10.1. The van der Waals surface area contributed by atoms with Gasteiger partial charge in [0.25, 0.3) is 0 Å². The van der Waals surface area contributed by atoms with Crippen LogP contribution in [-0.4, -0.2) is 24.9 Å². The average Bonchev–Trinajstić information content (AvgIpc) is 2.61. The van der Waals surface area contributed by atoms with Gasteiger partial charge in [-0.3, -0.25) is 0 Å². The molecule has 0 saturated carbocycles. The number of nitrogens with two attached hydrogens (primary N) is 1. The van der Waals surface area contributed by atoms with Crippen LogP contribution in [0.15, 0.2) is 12.1 Å². The molecule has 1 aromatic rings. The third-order valence-corrected chi connectivity index (χ3v) is 2.99. The number of rotatable bonds is 3. The van der Waals surface area contributed by atoms with E-state index in [0.29, 0.717) is 13.2 Å². The Bertz CT molecular complexity index is 392. The van der Waals surface area contributed by atoms with Crippen LogP contribution in [0.3, 0.4) is 0 Å². The number of benzene rings is 1. The molecule has 1 unspecified atom stereocenters. The molecule has 0 amide bonds. The van der Waals surface area contributed by atoms with Crippen molar-refractivity contribution in [3.05, 3.63) is 23.3 Å². The Labute approximate surface area is 101 Å². The quantitative estimate of drug-likeness (QED) is 0.834. The molecule has 2 rings (SSSR count). The van der Waals surface area contributed by atoms with Gasteiger partial charge in [0.15, 0.2) is 11.5 Å². The molecule has 3 N–H and O–H groups in total. The number of aliphatic hydroxyl groups excluding tert-OH is 1. The Hall–Kier alpha value is -1.26. The minimum absolute atomic E-state index is 0.215. The number of ether oxygens (including phenoxy) is 2. The summed E-state index contributed by atoms with van der Waals surface area (Å²) in [5.74, 6) is 1.54. The Balaban J connectivity index is 2.46. The summed E-state index contributed by atoms with van der Waals surface area (Å²) < 4.78 is 11.4. The summed E-state index contributed by atoms with van der Waals surface area (Å²) in [5.41, 5.74) is 7.36. The van der Waals surface area contributed by atoms with Crippen LogP contribution in [0.5, 0.6) is 11.5 Å². The summed E-state index contributed by atoms with van der Waals surface area (Å²) in [6, 6.07) is 3.73. The lowest BCUT2D eigenvalue weighted by Crippen LogP contribution is -2.14. The lowest BCUT2D eigenvalue weighted by Gasteiger charge is -2.18. The fourth-order valence-electron chi connectivity index (χ4n) is 2.11. The predicted molar refractivity (Wildman–Crippen MR) is 65.4 cm³/mol. The van der Waals surface area contributed by atoms with Gasteiger partial charge in [0.05, 0.1) is 19.3 Å². The normalized spacial score (nSPS) is 16.4. The SMILES string of the molecule is CCc1c(C(O)CN)ccc2c1OCCCO2. The van der Waals surface area contributed by atoms with E-state index in [-0.39, 0.29) is 6.54 Å². The molecular formula is C13H19NO3. The second-order valence-electron chi connectivity index (χ2n) is 4.12. The van der Waals surface area contributed by atoms with Gasteiger partial charge in [0.1, 0.15) is 0 Å². The van der Waals surface area contributed by atoms with Gasteiger partial charge in [-0.2, -0.15) is 0 Å². The summed E-state index contributed by atoms with van der Waals surface area (Å²) >= 11 is 0. The van der Waals surface area contributed by atoms with Crippen LogP contribution < -0.4 is 15.2 Å². The molecule has 0 saturated heterocycles. The first kappa shape index (κ1) is 12.2. The van der Waals surface area contributed by atoms with Gasteiger partial charge in [-0.25, -0.2) is 0 Å². The molecule has 0 spiro atoms. The van der Waals surface area contributed by atoms with E-state index in [4.69, 9.17) is 15.2 Å². The van der Waals surface area contributed by atoms with Crippen molar-refractivity contribution in [3.8, 4) is 11.5 Å². The molecule has 0 bridgehead atoms. The molecule has 1 aliphatic rings. The molecule has 1 heterocycles. The zero-order chi connectivity index (χ0) is 12.3. The van der Waals surface area contributed by atoms with E-state index in [1.54, 1.807) is 0 Å². The molecule has 4 nitrogen and oxygen atoms in total. The number of aliphatic hydroxyl groups is 1. The smallest absolute Gasteiger partial charge is 0.164 e. The summed E-state index contributed by atoms with van der Waals surface area (Å²) in [4.78, 5) is 0. The van der Waals surface area contributed by atoms with Crippen molar-refractivity contribution >= 4 is 0 Å². The van der Waals surface area contributed by atoms with Crippen molar-refractivity contribution in [3.63, 3.8) is 0 Å². The van der Waals surface area contributed by atoms with Gasteiger partial charge in [-0.1, -0.05) is 13.0 Å². The minimum Gasteiger partial charge on any atom is -0.490 e. The highest BCUT2D eigenvalue weighted by molar-refractivity contribution is 5.52. The Morgan fingerprint density at radius 3 is 2.82 bits per heavy atom. The lowest BCUT2D eigenvalue weighted by atomic mass is 9.98. The molecule has 1 aromatic carbocycles. The highest BCUT2D eigenvalue weighted by atomic mass is 16.5. The number of hydrogen-bond acceptors (Lipinski definition) is 4. The number of fused-ring (bicyclic) bond motifs is 1. The maximum absolute atomic E-state index is 9.89. The van der Waals surface area contributed by atoms with Crippen LogP contribution in [0.2, 0.25) is 0 Å². The van der Waals surface area contributed by atoms with Crippen LogP contribution >= 0.6 is 0 Å². The molecule has 1 atom stereocenters. The highest BCUT2D eigenvalue weighted by Crippen LogP contribution is 2.37. The summed E-state index contributed by atoms with van der Waals surface area (Å²) in [6.45, 7) is 3.58. The first-order chi connectivity index (χ1) is 8.27. The molecule has 94 valence electrons. The van der Waals surface area contributed by atoms with E-state index in [9.17, 15) is 5.11 Å². The standard InChI is InChI=1S/C13H19NO3/c1-2-9-10(11(15)8-14)4-5-12-13(9)17-7-3-6-16-12/h4-5,11,15H,2-3,6-8,14H2,1H3. The fraction of sp³-hybridized carbons (Fsp3) is 0.538. The van der Waals surface area contributed by atoms with E-state index in [2.05, 4.69) is 0 Å². The second-order valence-corrected chi connectivity index (χ2v) is 4.12. The minimum atomic E-state index is -0.637. The first-order valence-corrected chi connectivity index (χ1v) is 6.07. The van der Waals surface area contributed by atoms with Crippen LogP contribution in [0.1, 0.15) is 30.6 Å². The number of hydrogen-bond donors (Lipinski definition) is 2. The Morgan fingerprint density at radius 1 is 1.35 bits per heavy atom. The van der Waals surface area contributed by atoms with Crippen molar-refractivity contribution < 1.29 is 14.6 Å².